The van der Waals surface area contributed by atoms with Gasteiger partial charge < -0.3 is 15.2 Å². The third kappa shape index (κ3) is 2.87. The summed E-state index contributed by atoms with van der Waals surface area (Å²) in [6.45, 7) is 5.71. The monoisotopic (exact) mass is 386 g/mol. The number of amides is 2. The van der Waals surface area contributed by atoms with Crippen LogP contribution in [0.4, 0.5) is 16.2 Å². The molecule has 2 unspecified atom stereocenters. The number of carbonyl (C=O) groups is 2. The first-order valence-electron chi connectivity index (χ1n) is 8.49. The van der Waals surface area contributed by atoms with Crippen molar-refractivity contribution in [3.63, 3.8) is 0 Å². The molecule has 2 aliphatic heterocycles. The summed E-state index contributed by atoms with van der Waals surface area (Å²) in [7, 11) is 0. The molecule has 8 nitrogen and oxygen atoms in total. The number of nitrogens with zero attached hydrogens (tertiary/aromatic N) is 3. The average molecular weight is 386 g/mol. The Morgan fingerprint density at radius 2 is 2.15 bits per heavy atom. The number of hydrogen-bond acceptors (Lipinski definition) is 6. The van der Waals surface area contributed by atoms with E-state index in [0.29, 0.717) is 22.3 Å². The first-order valence-corrected chi connectivity index (χ1v) is 9.37. The molecule has 0 bridgehead atoms. The molecule has 9 heteroatoms. The lowest BCUT2D eigenvalue weighted by Crippen LogP contribution is -2.47. The van der Waals surface area contributed by atoms with Crippen LogP contribution in [-0.4, -0.2) is 38.4 Å². The van der Waals surface area contributed by atoms with Crippen molar-refractivity contribution >= 4 is 35.1 Å². The highest BCUT2D eigenvalue weighted by molar-refractivity contribution is 8.00. The minimum atomic E-state index is -0.976. The Labute approximate surface area is 159 Å². The molecule has 0 aromatic carbocycles. The third-order valence-electron chi connectivity index (χ3n) is 4.40. The fraction of sp³-hybridized carbons (Fsp3) is 0.333. The molecule has 2 atom stereocenters. The second-order valence-corrected chi connectivity index (χ2v) is 7.79. The number of thioether (sulfide) groups is 1. The first-order chi connectivity index (χ1) is 12.9. The van der Waals surface area contributed by atoms with E-state index in [0.717, 1.165) is 22.9 Å². The zero-order valence-electron chi connectivity index (χ0n) is 15.0. The molecule has 2 aliphatic rings. The smallest absolute Gasteiger partial charge is 0.327 e. The van der Waals surface area contributed by atoms with Gasteiger partial charge in [-0.1, -0.05) is 11.8 Å². The van der Waals surface area contributed by atoms with E-state index >= 15 is 0 Å². The highest BCUT2D eigenvalue weighted by atomic mass is 32.2. The zero-order valence-corrected chi connectivity index (χ0v) is 15.8. The number of urea groups is 1. The van der Waals surface area contributed by atoms with E-state index in [4.69, 9.17) is 4.74 Å². The van der Waals surface area contributed by atoms with Gasteiger partial charge in [-0.2, -0.15) is 0 Å². The molecule has 27 heavy (non-hydrogen) atoms. The molecule has 2 N–H and O–H groups in total. The Kier molecular flexibility index (Phi) is 4.18. The maximum atomic E-state index is 12.9. The van der Waals surface area contributed by atoms with E-state index in [1.807, 2.05) is 20.8 Å². The van der Waals surface area contributed by atoms with Crippen molar-refractivity contribution in [1.82, 2.24) is 15.3 Å². The summed E-state index contributed by atoms with van der Waals surface area (Å²) >= 11 is 1.16. The Bertz CT molecular complexity index is 949. The zero-order chi connectivity index (χ0) is 19.3. The van der Waals surface area contributed by atoms with Gasteiger partial charge in [0, 0.05) is 17.8 Å². The molecule has 0 radical (unpaired) electrons. The molecule has 0 saturated carbocycles. The van der Waals surface area contributed by atoms with Gasteiger partial charge in [-0.25, -0.2) is 14.8 Å². The number of pyridine rings is 2. The van der Waals surface area contributed by atoms with Crippen molar-refractivity contribution in [2.75, 3.05) is 4.90 Å². The summed E-state index contributed by atoms with van der Waals surface area (Å²) in [5.41, 5.74) is 2.79. The topological polar surface area (TPSA) is 105 Å². The summed E-state index contributed by atoms with van der Waals surface area (Å²) in [6, 6.07) is 2.52. The minimum Gasteiger partial charge on any atom is -0.480 e. The number of anilines is 2. The molecular formula is C18H18N4O4S. The number of carbonyl (C=O) groups excluding carboxylic acids is 1. The molecule has 0 spiro atoms. The van der Waals surface area contributed by atoms with Gasteiger partial charge in [0.2, 0.25) is 5.88 Å². The molecule has 0 saturated heterocycles. The number of nitrogens with one attached hydrogen (secondary N) is 1. The lowest BCUT2D eigenvalue weighted by Gasteiger charge is -2.34. The predicted molar refractivity (Wildman–Crippen MR) is 99.7 cm³/mol. The number of rotatable bonds is 4. The van der Waals surface area contributed by atoms with E-state index in [-0.39, 0.29) is 12.1 Å². The van der Waals surface area contributed by atoms with Crippen LogP contribution in [0, 0.1) is 6.92 Å². The second-order valence-electron chi connectivity index (χ2n) is 6.66. The van der Waals surface area contributed by atoms with Crippen LogP contribution in [0.15, 0.2) is 29.6 Å². The number of aromatic nitrogens is 2. The van der Waals surface area contributed by atoms with Crippen molar-refractivity contribution < 1.29 is 19.4 Å². The molecule has 2 amide bonds. The van der Waals surface area contributed by atoms with E-state index < -0.39 is 17.3 Å². The summed E-state index contributed by atoms with van der Waals surface area (Å²) in [5, 5.41) is 12.1. The van der Waals surface area contributed by atoms with E-state index in [2.05, 4.69) is 15.3 Å². The Hall–Kier alpha value is -2.81. The predicted octanol–water partition coefficient (Wildman–Crippen LogP) is 3.03. The van der Waals surface area contributed by atoms with Crippen LogP contribution in [0.2, 0.25) is 0 Å². The van der Waals surface area contributed by atoms with Crippen LogP contribution >= 0.6 is 11.8 Å². The lowest BCUT2D eigenvalue weighted by atomic mass is 10.0. The van der Waals surface area contributed by atoms with Crippen LogP contribution < -0.4 is 15.0 Å². The van der Waals surface area contributed by atoms with E-state index in [1.54, 1.807) is 24.5 Å². The van der Waals surface area contributed by atoms with Gasteiger partial charge in [-0.15, -0.1) is 0 Å². The van der Waals surface area contributed by atoms with Crippen molar-refractivity contribution in [3.05, 3.63) is 35.7 Å². The van der Waals surface area contributed by atoms with Crippen LogP contribution in [0.3, 0.4) is 0 Å². The summed E-state index contributed by atoms with van der Waals surface area (Å²) in [4.78, 5) is 34.6. The SMILES string of the molecule is Cc1cc(OC(C)C)ncc1N1C(=O)NC2c3c1ccnc3SC2C(=O)O. The molecular weight excluding hydrogens is 368 g/mol. The standard InChI is InChI=1S/C18H18N4O4S/c1-8(2)26-12-6-9(3)11(7-20-12)22-10-4-5-19-16-13(10)14(21-18(22)25)15(27-16)17(23)24/h4-8,14-15H,1-3H3,(H,21,25)(H,23,24). The number of hydrogen-bond donors (Lipinski definition) is 2. The van der Waals surface area contributed by atoms with Crippen molar-refractivity contribution in [2.45, 2.75) is 43.2 Å². The highest BCUT2D eigenvalue weighted by Crippen LogP contribution is 2.50. The Balaban J connectivity index is 1.78. The number of carboxylic acids is 1. The van der Waals surface area contributed by atoms with E-state index in [1.165, 1.54) is 4.90 Å². The highest BCUT2D eigenvalue weighted by Gasteiger charge is 2.46. The lowest BCUT2D eigenvalue weighted by molar-refractivity contribution is -0.136. The number of aryl methyl sites for hydroxylation is 1. The molecule has 140 valence electrons. The summed E-state index contributed by atoms with van der Waals surface area (Å²) < 4.78 is 5.61. The van der Waals surface area contributed by atoms with Crippen molar-refractivity contribution in [3.8, 4) is 5.88 Å². The van der Waals surface area contributed by atoms with Crippen LogP contribution in [-0.2, 0) is 4.79 Å². The fourth-order valence-electron chi connectivity index (χ4n) is 3.32. The van der Waals surface area contributed by atoms with Crippen molar-refractivity contribution in [1.29, 1.82) is 0 Å². The second kappa shape index (κ2) is 6.41. The fourth-order valence-corrected chi connectivity index (χ4v) is 4.48. The molecule has 4 heterocycles. The molecule has 4 rings (SSSR count). The van der Waals surface area contributed by atoms with Crippen LogP contribution in [0.1, 0.15) is 31.0 Å². The third-order valence-corrected chi connectivity index (χ3v) is 5.68. The van der Waals surface area contributed by atoms with Gasteiger partial charge in [0.05, 0.1) is 29.7 Å². The van der Waals surface area contributed by atoms with E-state index in [9.17, 15) is 14.7 Å². The number of aliphatic carboxylic acids is 1. The normalized spacial score (nSPS) is 20.4. The maximum Gasteiger partial charge on any atom is 0.327 e. The van der Waals surface area contributed by atoms with Crippen molar-refractivity contribution in [2.24, 2.45) is 0 Å². The van der Waals surface area contributed by atoms with Gasteiger partial charge in [0.25, 0.3) is 0 Å². The van der Waals surface area contributed by atoms with Gasteiger partial charge in [0.15, 0.2) is 0 Å². The summed E-state index contributed by atoms with van der Waals surface area (Å²) in [6.07, 6.45) is 3.18. The average Bonchev–Trinajstić information content (AvgIpc) is 2.96. The first kappa shape index (κ1) is 17.6. The number of carboxylic acid groups (broad SMARTS) is 1. The molecule has 0 fully saturated rings. The molecule has 2 aromatic heterocycles. The van der Waals surface area contributed by atoms with Gasteiger partial charge in [-0.3, -0.25) is 9.69 Å². The van der Waals surface area contributed by atoms with Gasteiger partial charge in [0.1, 0.15) is 10.3 Å². The molecule has 2 aromatic rings. The van der Waals surface area contributed by atoms with Crippen LogP contribution in [0.25, 0.3) is 0 Å². The Morgan fingerprint density at radius 1 is 1.37 bits per heavy atom. The van der Waals surface area contributed by atoms with Crippen LogP contribution in [0.5, 0.6) is 5.88 Å². The Morgan fingerprint density at radius 3 is 2.81 bits per heavy atom. The van der Waals surface area contributed by atoms with Gasteiger partial charge >= 0.3 is 12.0 Å². The molecule has 0 aliphatic carbocycles. The number of ether oxygens (including phenoxy) is 1. The largest absolute Gasteiger partial charge is 0.480 e. The van der Waals surface area contributed by atoms with Gasteiger partial charge in [-0.05, 0) is 32.4 Å². The maximum absolute atomic E-state index is 12.9. The minimum absolute atomic E-state index is 0.00441. The summed E-state index contributed by atoms with van der Waals surface area (Å²) in [5.74, 6) is -0.487. The quantitative estimate of drug-likeness (QED) is 0.832.